The molecule has 77 heavy (non-hydrogen) atoms. The fourth-order valence-corrected chi connectivity index (χ4v) is 10.4. The van der Waals surface area contributed by atoms with Crippen molar-refractivity contribution in [2.45, 2.75) is 386 Å². The highest BCUT2D eigenvalue weighted by atomic mass is 16.6. The second kappa shape index (κ2) is 66.1. The van der Waals surface area contributed by atoms with Crippen LogP contribution in [0.2, 0.25) is 0 Å². The molecule has 6 heteroatoms. The minimum atomic E-state index is -0.772. The molecule has 0 bridgehead atoms. The van der Waals surface area contributed by atoms with E-state index in [1.165, 1.54) is 276 Å². The molecule has 0 aliphatic rings. The fourth-order valence-electron chi connectivity index (χ4n) is 10.4. The molecule has 0 N–H and O–H groups in total. The molecule has 0 saturated carbocycles. The third-order valence-electron chi connectivity index (χ3n) is 15.6. The van der Waals surface area contributed by atoms with Crippen molar-refractivity contribution in [3.8, 4) is 0 Å². The zero-order valence-electron chi connectivity index (χ0n) is 52.0. The van der Waals surface area contributed by atoms with E-state index in [0.29, 0.717) is 19.3 Å². The normalized spacial score (nSPS) is 12.2. The van der Waals surface area contributed by atoms with Crippen molar-refractivity contribution in [2.24, 2.45) is 0 Å². The molecule has 0 saturated heterocycles. The lowest BCUT2D eigenvalue weighted by Gasteiger charge is -2.18. The Morgan fingerprint density at radius 1 is 0.260 bits per heavy atom. The highest BCUT2D eigenvalue weighted by Crippen LogP contribution is 2.18. The van der Waals surface area contributed by atoms with E-state index in [1.54, 1.807) is 0 Å². The summed E-state index contributed by atoms with van der Waals surface area (Å²) >= 11 is 0. The van der Waals surface area contributed by atoms with Crippen LogP contribution in [0, 0.1) is 0 Å². The van der Waals surface area contributed by atoms with Gasteiger partial charge in [-0.2, -0.15) is 0 Å². The van der Waals surface area contributed by atoms with Crippen LogP contribution in [-0.2, 0) is 28.6 Å². The zero-order valence-corrected chi connectivity index (χ0v) is 52.0. The fraction of sp³-hybridized carbons (Fsp3) is 0.873. The first kappa shape index (κ1) is 74.6. The van der Waals surface area contributed by atoms with E-state index < -0.39 is 6.10 Å². The van der Waals surface area contributed by atoms with Crippen LogP contribution < -0.4 is 0 Å². The number of rotatable bonds is 64. The lowest BCUT2D eigenvalue weighted by atomic mass is 10.0. The van der Waals surface area contributed by atoms with Gasteiger partial charge in [-0.3, -0.25) is 14.4 Å². The van der Waals surface area contributed by atoms with Gasteiger partial charge in [0.05, 0.1) is 0 Å². The van der Waals surface area contributed by atoms with Gasteiger partial charge < -0.3 is 14.2 Å². The Balaban J connectivity index is 4.30. The zero-order chi connectivity index (χ0) is 55.7. The Morgan fingerprint density at radius 2 is 0.468 bits per heavy atom. The Hall–Kier alpha value is -2.37. The molecule has 0 aliphatic heterocycles. The summed E-state index contributed by atoms with van der Waals surface area (Å²) in [5, 5.41) is 0. The molecule has 0 aromatic rings. The largest absolute Gasteiger partial charge is 0.462 e. The Labute approximate surface area is 480 Å². The van der Waals surface area contributed by atoms with E-state index in [0.717, 1.165) is 64.2 Å². The van der Waals surface area contributed by atoms with Gasteiger partial charge in [-0.05, 0) is 77.0 Å². The number of hydrogen-bond acceptors (Lipinski definition) is 6. The molecule has 0 spiro atoms. The van der Waals surface area contributed by atoms with Crippen molar-refractivity contribution in [2.75, 3.05) is 13.2 Å². The van der Waals surface area contributed by atoms with Gasteiger partial charge in [-0.15, -0.1) is 0 Å². The summed E-state index contributed by atoms with van der Waals surface area (Å²) in [6, 6.07) is 0. The summed E-state index contributed by atoms with van der Waals surface area (Å²) in [5.41, 5.74) is 0. The van der Waals surface area contributed by atoms with Crippen LogP contribution in [0.4, 0.5) is 0 Å². The van der Waals surface area contributed by atoms with Crippen molar-refractivity contribution in [1.29, 1.82) is 0 Å². The van der Waals surface area contributed by atoms with Gasteiger partial charge in [-0.25, -0.2) is 0 Å². The maximum absolute atomic E-state index is 12.9. The first-order valence-electron chi connectivity index (χ1n) is 34.5. The summed E-state index contributed by atoms with van der Waals surface area (Å²) in [5.74, 6) is -0.844. The highest BCUT2D eigenvalue weighted by molar-refractivity contribution is 5.71. The van der Waals surface area contributed by atoms with Crippen LogP contribution in [0.3, 0.4) is 0 Å². The number of carbonyl (C=O) groups is 3. The van der Waals surface area contributed by atoms with Gasteiger partial charge in [0.25, 0.3) is 0 Å². The van der Waals surface area contributed by atoms with Gasteiger partial charge in [0.15, 0.2) is 6.10 Å². The molecular weight excluding hydrogens is 949 g/mol. The Bertz CT molecular complexity index is 1290. The van der Waals surface area contributed by atoms with Crippen molar-refractivity contribution >= 4 is 17.9 Å². The first-order valence-corrected chi connectivity index (χ1v) is 34.5. The third kappa shape index (κ3) is 64.3. The van der Waals surface area contributed by atoms with Crippen molar-refractivity contribution in [3.63, 3.8) is 0 Å². The van der Waals surface area contributed by atoms with Gasteiger partial charge >= 0.3 is 17.9 Å². The molecule has 0 aliphatic carbocycles. The number of esters is 3. The van der Waals surface area contributed by atoms with E-state index in [9.17, 15) is 14.4 Å². The molecule has 0 aromatic carbocycles. The molecule has 1 unspecified atom stereocenters. The van der Waals surface area contributed by atoms with E-state index in [4.69, 9.17) is 14.2 Å². The molecule has 0 aromatic heterocycles. The Kier molecular flexibility index (Phi) is 64.1. The maximum Gasteiger partial charge on any atom is 0.306 e. The average molecular weight is 1080 g/mol. The van der Waals surface area contributed by atoms with Gasteiger partial charge in [0, 0.05) is 19.3 Å². The summed E-state index contributed by atoms with van der Waals surface area (Å²) in [7, 11) is 0. The van der Waals surface area contributed by atoms with Crippen LogP contribution in [0.1, 0.15) is 380 Å². The number of hydrogen-bond donors (Lipinski definition) is 0. The van der Waals surface area contributed by atoms with E-state index >= 15 is 0 Å². The summed E-state index contributed by atoms with van der Waals surface area (Å²) in [6.45, 7) is 6.70. The third-order valence-corrected chi connectivity index (χ3v) is 15.6. The molecular formula is C71H132O6. The van der Waals surface area contributed by atoms with Gasteiger partial charge in [0.2, 0.25) is 0 Å². The summed E-state index contributed by atoms with van der Waals surface area (Å²) in [4.78, 5) is 38.4. The Morgan fingerprint density at radius 3 is 0.727 bits per heavy atom. The topological polar surface area (TPSA) is 78.9 Å². The smallest absolute Gasteiger partial charge is 0.306 e. The van der Waals surface area contributed by atoms with Crippen molar-refractivity contribution < 1.29 is 28.6 Å². The first-order chi connectivity index (χ1) is 38.0. The number of ether oxygens (including phenoxy) is 3. The molecule has 0 rings (SSSR count). The van der Waals surface area contributed by atoms with Crippen LogP contribution >= 0.6 is 0 Å². The van der Waals surface area contributed by atoms with Gasteiger partial charge in [-0.1, -0.05) is 320 Å². The predicted octanol–water partition coefficient (Wildman–Crippen LogP) is 23.6. The average Bonchev–Trinajstić information content (AvgIpc) is 3.43. The van der Waals surface area contributed by atoms with Crippen LogP contribution in [0.25, 0.3) is 0 Å². The molecule has 0 heterocycles. The number of carbonyl (C=O) groups excluding carboxylic acids is 3. The summed E-state index contributed by atoms with van der Waals surface area (Å²) in [6.07, 6.45) is 81.6. The molecule has 1 atom stereocenters. The molecule has 6 nitrogen and oxygen atoms in total. The van der Waals surface area contributed by atoms with Crippen molar-refractivity contribution in [3.05, 3.63) is 36.5 Å². The van der Waals surface area contributed by atoms with E-state index in [2.05, 4.69) is 57.2 Å². The lowest BCUT2D eigenvalue weighted by molar-refractivity contribution is -0.167. The second-order valence-electron chi connectivity index (χ2n) is 23.4. The van der Waals surface area contributed by atoms with Crippen LogP contribution in [-0.4, -0.2) is 37.2 Å². The number of unbranched alkanes of at least 4 members (excludes halogenated alkanes) is 47. The molecule has 452 valence electrons. The van der Waals surface area contributed by atoms with E-state index in [-0.39, 0.29) is 31.1 Å². The van der Waals surface area contributed by atoms with Crippen LogP contribution in [0.15, 0.2) is 36.5 Å². The highest BCUT2D eigenvalue weighted by Gasteiger charge is 2.19. The summed E-state index contributed by atoms with van der Waals surface area (Å²) < 4.78 is 17.0. The maximum atomic E-state index is 12.9. The quantitative estimate of drug-likeness (QED) is 0.0261. The molecule has 0 amide bonds. The van der Waals surface area contributed by atoms with Crippen LogP contribution in [0.5, 0.6) is 0 Å². The SMILES string of the molecule is CCCCCCC/C=C\C/C=C\CCCCCCCCCCCCCC(=O)OCC(COC(=O)CCCCCCCCCCCCCCCCC)OC(=O)CCCCCCCCCCC/C=C\CCCCCCCCCC. The minimum Gasteiger partial charge on any atom is -0.462 e. The molecule has 0 fully saturated rings. The lowest BCUT2D eigenvalue weighted by Crippen LogP contribution is -2.30. The predicted molar refractivity (Wildman–Crippen MR) is 335 cm³/mol. The second-order valence-corrected chi connectivity index (χ2v) is 23.4. The number of allylic oxidation sites excluding steroid dienone is 6. The van der Waals surface area contributed by atoms with Crippen molar-refractivity contribution in [1.82, 2.24) is 0 Å². The monoisotopic (exact) mass is 1080 g/mol. The minimum absolute atomic E-state index is 0.0685. The van der Waals surface area contributed by atoms with E-state index in [1.807, 2.05) is 0 Å². The molecule has 0 radical (unpaired) electrons. The standard InChI is InChI=1S/C71H132O6/c1-4-7-10-13-16-19-22-25-28-30-32-34-35-37-38-40-43-46-49-52-55-58-61-64-70(73)76-67-68(66-75-69(72)63-60-57-54-51-48-45-42-27-24-21-18-15-12-9-6-3)77-71(74)65-62-59-56-53-50-47-44-41-39-36-33-31-29-26-23-20-17-14-11-8-5-2/h22,25,30-33,68H,4-21,23-24,26-29,34-67H2,1-3H3/b25-22-,32-30-,33-31-. The van der Waals surface area contributed by atoms with Gasteiger partial charge in [0.1, 0.15) is 13.2 Å².